The summed E-state index contributed by atoms with van der Waals surface area (Å²) in [6.45, 7) is 7.02. The number of aliphatic carboxylic acids is 1. The van der Waals surface area contributed by atoms with Gasteiger partial charge in [-0.1, -0.05) is 27.7 Å². The summed E-state index contributed by atoms with van der Waals surface area (Å²) in [6, 6.07) is 0. The van der Waals surface area contributed by atoms with Gasteiger partial charge in [-0.15, -0.1) is 0 Å². The van der Waals surface area contributed by atoms with Crippen LogP contribution in [0.25, 0.3) is 0 Å². The Morgan fingerprint density at radius 1 is 1.12 bits per heavy atom. The highest BCUT2D eigenvalue weighted by atomic mass is 19.3. The molecule has 0 amide bonds. The number of carboxylic acids is 1. The molecule has 0 aromatic rings. The minimum Gasteiger partial charge on any atom is -0.544 e. The first kappa shape index (κ1) is 14.4. The van der Waals surface area contributed by atoms with E-state index in [-0.39, 0.29) is 12.8 Å². The van der Waals surface area contributed by atoms with E-state index in [9.17, 15) is 23.8 Å². The lowest BCUT2D eigenvalue weighted by atomic mass is 9.58. The Hall–Kier alpha value is -0.710. The predicted molar refractivity (Wildman–Crippen MR) is 56.3 cm³/mol. The highest BCUT2D eigenvalue weighted by molar-refractivity contribution is 5.75. The molecular formula is C12H19F2O3-. The second-order valence-corrected chi connectivity index (χ2v) is 6.75. The van der Waals surface area contributed by atoms with Crippen LogP contribution in [0.4, 0.5) is 8.78 Å². The second-order valence-electron chi connectivity index (χ2n) is 6.75. The number of carboxylic acid groups (broad SMARTS) is 1. The number of halogens is 2. The molecule has 0 bridgehead atoms. The van der Waals surface area contributed by atoms with Gasteiger partial charge in [-0.3, -0.25) is 0 Å². The molecule has 1 fully saturated rings. The van der Waals surface area contributed by atoms with E-state index < -0.39 is 28.3 Å². The fourth-order valence-electron chi connectivity index (χ4n) is 3.48. The number of hydrogen-bond donors (Lipinski definition) is 1. The summed E-state index contributed by atoms with van der Waals surface area (Å²) in [5, 5.41) is 20.6. The van der Waals surface area contributed by atoms with Crippen LogP contribution in [0.2, 0.25) is 0 Å². The Balaban J connectivity index is 3.16. The van der Waals surface area contributed by atoms with Gasteiger partial charge in [0.1, 0.15) is 11.6 Å². The van der Waals surface area contributed by atoms with E-state index in [0.717, 1.165) is 0 Å². The topological polar surface area (TPSA) is 60.4 Å². The van der Waals surface area contributed by atoms with Crippen molar-refractivity contribution in [2.24, 2.45) is 10.8 Å². The summed E-state index contributed by atoms with van der Waals surface area (Å²) in [5.74, 6) is -6.73. The van der Waals surface area contributed by atoms with Gasteiger partial charge in [0.25, 0.3) is 0 Å². The molecule has 0 spiro atoms. The van der Waals surface area contributed by atoms with Gasteiger partial charge in [-0.05, 0) is 30.1 Å². The maximum Gasteiger partial charge on any atom is 0.315 e. The first-order valence-electron chi connectivity index (χ1n) is 5.63. The third-order valence-electron chi connectivity index (χ3n) is 3.34. The van der Waals surface area contributed by atoms with Gasteiger partial charge >= 0.3 is 5.92 Å². The highest BCUT2D eigenvalue weighted by Gasteiger charge is 2.60. The van der Waals surface area contributed by atoms with Gasteiger partial charge in [0.2, 0.25) is 0 Å². The molecule has 1 aliphatic rings. The highest BCUT2D eigenvalue weighted by Crippen LogP contribution is 2.54. The summed E-state index contributed by atoms with van der Waals surface area (Å²) in [6.07, 6.45) is 0.167. The number of alkyl halides is 2. The molecule has 0 saturated heterocycles. The molecule has 17 heavy (non-hydrogen) atoms. The molecule has 0 atom stereocenters. The standard InChI is InChI=1S/C12H20F2O3/c1-9(2)5-10(3,4)7-11(17,6-9)12(13,14)8(15)16/h17H,5-7H2,1-4H3,(H,15,16)/p-1. The Morgan fingerprint density at radius 3 is 1.76 bits per heavy atom. The van der Waals surface area contributed by atoms with Crippen molar-refractivity contribution in [3.63, 3.8) is 0 Å². The van der Waals surface area contributed by atoms with Crippen molar-refractivity contribution in [1.29, 1.82) is 0 Å². The predicted octanol–water partition coefficient (Wildman–Crippen LogP) is 1.34. The maximum atomic E-state index is 13.6. The Kier molecular flexibility index (Phi) is 3.07. The molecule has 0 aromatic carbocycles. The van der Waals surface area contributed by atoms with Crippen molar-refractivity contribution in [3.05, 3.63) is 0 Å². The van der Waals surface area contributed by atoms with Gasteiger partial charge in [0.15, 0.2) is 0 Å². The van der Waals surface area contributed by atoms with Crippen LogP contribution >= 0.6 is 0 Å². The van der Waals surface area contributed by atoms with Crippen molar-refractivity contribution < 1.29 is 23.8 Å². The van der Waals surface area contributed by atoms with Crippen molar-refractivity contribution in [3.8, 4) is 0 Å². The molecule has 3 nitrogen and oxygen atoms in total. The van der Waals surface area contributed by atoms with E-state index in [1.807, 2.05) is 0 Å². The fourth-order valence-corrected chi connectivity index (χ4v) is 3.48. The minimum atomic E-state index is -4.22. The van der Waals surface area contributed by atoms with Crippen LogP contribution < -0.4 is 5.11 Å². The lowest BCUT2D eigenvalue weighted by molar-refractivity contribution is -0.349. The fraction of sp³-hybridized carbons (Fsp3) is 0.917. The first-order valence-corrected chi connectivity index (χ1v) is 5.63. The molecule has 100 valence electrons. The van der Waals surface area contributed by atoms with Crippen LogP contribution in [-0.4, -0.2) is 22.6 Å². The number of carbonyl (C=O) groups excluding carboxylic acids is 1. The second kappa shape index (κ2) is 3.64. The van der Waals surface area contributed by atoms with Gasteiger partial charge in [0.05, 0.1) is 0 Å². The minimum absolute atomic E-state index is 0.246. The third kappa shape index (κ3) is 2.59. The normalized spacial score (nSPS) is 26.5. The summed E-state index contributed by atoms with van der Waals surface area (Å²) >= 11 is 0. The average Bonchev–Trinajstić information content (AvgIpc) is 1.95. The Labute approximate surface area is 99.8 Å². The smallest absolute Gasteiger partial charge is 0.315 e. The van der Waals surface area contributed by atoms with Crippen LogP contribution in [0.3, 0.4) is 0 Å². The zero-order chi connectivity index (χ0) is 13.7. The maximum absolute atomic E-state index is 13.6. The lowest BCUT2D eigenvalue weighted by Gasteiger charge is -2.52. The number of hydrogen-bond acceptors (Lipinski definition) is 3. The molecule has 1 aliphatic carbocycles. The summed E-state index contributed by atoms with van der Waals surface area (Å²) in [4.78, 5) is 10.5. The molecule has 0 radical (unpaired) electrons. The largest absolute Gasteiger partial charge is 0.544 e. The van der Waals surface area contributed by atoms with E-state index in [2.05, 4.69) is 0 Å². The van der Waals surface area contributed by atoms with Crippen molar-refractivity contribution in [2.45, 2.75) is 58.5 Å². The third-order valence-corrected chi connectivity index (χ3v) is 3.34. The van der Waals surface area contributed by atoms with E-state index in [4.69, 9.17) is 0 Å². The van der Waals surface area contributed by atoms with Crippen LogP contribution in [-0.2, 0) is 4.79 Å². The lowest BCUT2D eigenvalue weighted by Crippen LogP contribution is -2.63. The molecule has 0 heterocycles. The van der Waals surface area contributed by atoms with E-state index in [0.29, 0.717) is 6.42 Å². The van der Waals surface area contributed by atoms with Gasteiger partial charge in [-0.25, -0.2) is 0 Å². The zero-order valence-corrected chi connectivity index (χ0v) is 10.6. The van der Waals surface area contributed by atoms with Crippen molar-refractivity contribution in [1.82, 2.24) is 0 Å². The van der Waals surface area contributed by atoms with Crippen LogP contribution in [0.15, 0.2) is 0 Å². The molecule has 0 aromatic heterocycles. The SMILES string of the molecule is CC1(C)CC(C)(C)CC(O)(C(F)(F)C(=O)[O-])C1. The number of carbonyl (C=O) groups is 1. The summed E-state index contributed by atoms with van der Waals surface area (Å²) in [5.41, 5.74) is -3.60. The van der Waals surface area contributed by atoms with Gasteiger partial charge in [0, 0.05) is 0 Å². The Bertz CT molecular complexity index is 319. The number of aliphatic hydroxyl groups is 1. The summed E-state index contributed by atoms with van der Waals surface area (Å²) < 4.78 is 27.2. The summed E-state index contributed by atoms with van der Waals surface area (Å²) in [7, 11) is 0. The van der Waals surface area contributed by atoms with Gasteiger partial charge in [-0.2, -0.15) is 8.78 Å². The van der Waals surface area contributed by atoms with Crippen molar-refractivity contribution in [2.75, 3.05) is 0 Å². The molecule has 5 heteroatoms. The van der Waals surface area contributed by atoms with E-state index >= 15 is 0 Å². The molecule has 0 unspecified atom stereocenters. The monoisotopic (exact) mass is 249 g/mol. The van der Waals surface area contributed by atoms with E-state index in [1.54, 1.807) is 27.7 Å². The molecule has 1 saturated carbocycles. The van der Waals surface area contributed by atoms with E-state index in [1.165, 1.54) is 0 Å². The molecule has 1 N–H and O–H groups in total. The molecular weight excluding hydrogens is 230 g/mol. The van der Waals surface area contributed by atoms with Crippen molar-refractivity contribution >= 4 is 5.97 Å². The van der Waals surface area contributed by atoms with Crippen LogP contribution in [0.1, 0.15) is 47.0 Å². The first-order chi connectivity index (χ1) is 7.31. The average molecular weight is 249 g/mol. The quantitative estimate of drug-likeness (QED) is 0.803. The molecule has 0 aliphatic heterocycles. The molecule has 1 rings (SSSR count). The zero-order valence-electron chi connectivity index (χ0n) is 10.6. The van der Waals surface area contributed by atoms with Crippen LogP contribution in [0, 0.1) is 10.8 Å². The number of rotatable bonds is 2. The Morgan fingerprint density at radius 2 is 1.47 bits per heavy atom. The van der Waals surface area contributed by atoms with Gasteiger partial charge < -0.3 is 15.0 Å². The van der Waals surface area contributed by atoms with Crippen LogP contribution in [0.5, 0.6) is 0 Å².